The minimum atomic E-state index is -0.757. The van der Waals surface area contributed by atoms with Crippen LogP contribution in [0.1, 0.15) is 62.2 Å². The Morgan fingerprint density at radius 3 is 2.69 bits per heavy atom. The fraction of sp³-hybridized carbons (Fsp3) is 0.407. The number of hydrogen-bond donors (Lipinski definition) is 2. The lowest BCUT2D eigenvalue weighted by Gasteiger charge is -2.22. The molecular weight excluding hydrogens is 402 g/mol. The van der Waals surface area contributed by atoms with E-state index in [-0.39, 0.29) is 18.4 Å². The van der Waals surface area contributed by atoms with Gasteiger partial charge in [-0.15, -0.1) is 0 Å². The van der Waals surface area contributed by atoms with Gasteiger partial charge in [0, 0.05) is 19.4 Å². The molecule has 0 bridgehead atoms. The number of carbonyl (C=O) groups is 2. The molecule has 0 aromatic heterocycles. The number of benzene rings is 2. The van der Waals surface area contributed by atoms with Gasteiger partial charge < -0.3 is 15.1 Å². The molecule has 2 aromatic carbocycles. The number of likely N-dealkylation sites (tertiary alicyclic amines) is 1. The van der Waals surface area contributed by atoms with Crippen LogP contribution in [0.2, 0.25) is 0 Å². The van der Waals surface area contributed by atoms with Crippen LogP contribution in [0.15, 0.2) is 60.7 Å². The molecule has 2 N–H and O–H groups in total. The van der Waals surface area contributed by atoms with Gasteiger partial charge in [0.05, 0.1) is 12.1 Å². The standard InChI is InChI=1S/C27H33NO4/c1-20-9-5-6-12-24(20)21-10-8-11-22(19-21)25(29)16-14-23-15-17-26(30)28(23)18-7-3-2-4-13-27(31)32/h5-6,8-12,14,16,19,23,25,29H,2-4,7,13,15,17-18H2,1H3,(H,31,32). The van der Waals surface area contributed by atoms with Gasteiger partial charge in [-0.25, -0.2) is 0 Å². The quantitative estimate of drug-likeness (QED) is 0.372. The second kappa shape index (κ2) is 11.6. The molecule has 2 atom stereocenters. The van der Waals surface area contributed by atoms with Gasteiger partial charge in [-0.05, 0) is 54.5 Å². The fourth-order valence-corrected chi connectivity index (χ4v) is 4.29. The zero-order chi connectivity index (χ0) is 22.9. The number of carbonyl (C=O) groups excluding carboxylic acids is 1. The Morgan fingerprint density at radius 2 is 1.91 bits per heavy atom. The molecule has 1 aliphatic heterocycles. The van der Waals surface area contributed by atoms with Crippen molar-refractivity contribution in [2.45, 2.75) is 64.0 Å². The lowest BCUT2D eigenvalue weighted by atomic mass is 9.97. The van der Waals surface area contributed by atoms with Crippen molar-refractivity contribution >= 4 is 11.9 Å². The summed E-state index contributed by atoms with van der Waals surface area (Å²) in [7, 11) is 0. The molecule has 3 rings (SSSR count). The highest BCUT2D eigenvalue weighted by atomic mass is 16.4. The normalized spacial score (nSPS) is 17.2. The van der Waals surface area contributed by atoms with Gasteiger partial charge in [0.15, 0.2) is 0 Å². The van der Waals surface area contributed by atoms with Crippen molar-refractivity contribution in [3.63, 3.8) is 0 Å². The van der Waals surface area contributed by atoms with E-state index in [1.165, 1.54) is 5.56 Å². The van der Waals surface area contributed by atoms with Crippen molar-refractivity contribution in [2.75, 3.05) is 6.54 Å². The van der Waals surface area contributed by atoms with Crippen molar-refractivity contribution in [2.24, 2.45) is 0 Å². The Hall–Kier alpha value is -2.92. The molecule has 1 aliphatic rings. The highest BCUT2D eigenvalue weighted by Crippen LogP contribution is 2.27. The average Bonchev–Trinajstić information content (AvgIpc) is 3.14. The van der Waals surface area contributed by atoms with E-state index in [4.69, 9.17) is 5.11 Å². The molecule has 1 amide bonds. The lowest BCUT2D eigenvalue weighted by molar-refractivity contribution is -0.137. The number of aliphatic hydroxyl groups is 1. The smallest absolute Gasteiger partial charge is 0.303 e. The molecule has 0 saturated carbocycles. The number of rotatable bonds is 11. The van der Waals surface area contributed by atoms with Crippen molar-refractivity contribution < 1.29 is 19.8 Å². The Morgan fingerprint density at radius 1 is 1.12 bits per heavy atom. The highest BCUT2D eigenvalue weighted by molar-refractivity contribution is 5.79. The summed E-state index contributed by atoms with van der Waals surface area (Å²) in [5, 5.41) is 19.5. The first-order chi connectivity index (χ1) is 15.5. The summed E-state index contributed by atoms with van der Waals surface area (Å²) in [6.07, 6.45) is 7.87. The zero-order valence-electron chi connectivity index (χ0n) is 18.7. The summed E-state index contributed by atoms with van der Waals surface area (Å²) in [6, 6.07) is 16.2. The van der Waals surface area contributed by atoms with Gasteiger partial charge in [0.2, 0.25) is 5.91 Å². The number of carboxylic acids is 1. The summed E-state index contributed by atoms with van der Waals surface area (Å²) >= 11 is 0. The van der Waals surface area contributed by atoms with E-state index >= 15 is 0 Å². The van der Waals surface area contributed by atoms with Crippen molar-refractivity contribution in [3.8, 4) is 11.1 Å². The fourth-order valence-electron chi connectivity index (χ4n) is 4.29. The molecule has 0 spiro atoms. The summed E-state index contributed by atoms with van der Waals surface area (Å²) in [5.41, 5.74) is 4.25. The first-order valence-electron chi connectivity index (χ1n) is 11.5. The number of unbranched alkanes of at least 4 members (excludes halogenated alkanes) is 3. The van der Waals surface area contributed by atoms with Crippen LogP contribution < -0.4 is 0 Å². The molecule has 170 valence electrons. The van der Waals surface area contributed by atoms with Crippen LogP contribution >= 0.6 is 0 Å². The average molecular weight is 436 g/mol. The van der Waals surface area contributed by atoms with Crippen LogP contribution in [0.3, 0.4) is 0 Å². The van der Waals surface area contributed by atoms with Crippen LogP contribution in [-0.2, 0) is 9.59 Å². The Balaban J connectivity index is 1.57. The predicted octanol–water partition coefficient (Wildman–Crippen LogP) is 5.28. The SMILES string of the molecule is Cc1ccccc1-c1cccc(C(O)C=CC2CCC(=O)N2CCCCCCC(=O)O)c1. The third kappa shape index (κ3) is 6.54. The molecule has 1 heterocycles. The van der Waals surface area contributed by atoms with Crippen LogP contribution in [0.4, 0.5) is 0 Å². The number of hydrogen-bond acceptors (Lipinski definition) is 3. The monoisotopic (exact) mass is 435 g/mol. The molecule has 2 aromatic rings. The Bertz CT molecular complexity index is 952. The first-order valence-corrected chi connectivity index (χ1v) is 11.5. The molecule has 1 saturated heterocycles. The van der Waals surface area contributed by atoms with Crippen LogP contribution in [0.5, 0.6) is 0 Å². The number of nitrogens with zero attached hydrogens (tertiary/aromatic N) is 1. The molecule has 5 heteroatoms. The van der Waals surface area contributed by atoms with Gasteiger partial charge in [-0.3, -0.25) is 9.59 Å². The van der Waals surface area contributed by atoms with E-state index in [1.54, 1.807) is 6.08 Å². The van der Waals surface area contributed by atoms with Crippen molar-refractivity contribution in [3.05, 3.63) is 71.8 Å². The van der Waals surface area contributed by atoms with E-state index in [1.807, 2.05) is 41.3 Å². The molecule has 0 aliphatic carbocycles. The number of aliphatic hydroxyl groups excluding tert-OH is 1. The summed E-state index contributed by atoms with van der Waals surface area (Å²) in [4.78, 5) is 24.8. The summed E-state index contributed by atoms with van der Waals surface area (Å²) < 4.78 is 0. The third-order valence-electron chi connectivity index (χ3n) is 6.11. The van der Waals surface area contributed by atoms with Crippen molar-refractivity contribution in [1.29, 1.82) is 0 Å². The van der Waals surface area contributed by atoms with E-state index in [0.29, 0.717) is 19.4 Å². The Kier molecular flexibility index (Phi) is 8.63. The van der Waals surface area contributed by atoms with E-state index in [2.05, 4.69) is 25.1 Å². The van der Waals surface area contributed by atoms with Gasteiger partial charge in [0.1, 0.15) is 0 Å². The van der Waals surface area contributed by atoms with Gasteiger partial charge in [0.25, 0.3) is 0 Å². The minimum Gasteiger partial charge on any atom is -0.481 e. The molecule has 2 unspecified atom stereocenters. The largest absolute Gasteiger partial charge is 0.481 e. The highest BCUT2D eigenvalue weighted by Gasteiger charge is 2.28. The molecule has 32 heavy (non-hydrogen) atoms. The summed E-state index contributed by atoms with van der Waals surface area (Å²) in [5.74, 6) is -0.603. The second-order valence-electron chi connectivity index (χ2n) is 8.52. The maximum Gasteiger partial charge on any atom is 0.303 e. The maximum atomic E-state index is 12.3. The molecular formula is C27H33NO4. The van der Waals surface area contributed by atoms with Gasteiger partial charge >= 0.3 is 5.97 Å². The third-order valence-corrected chi connectivity index (χ3v) is 6.11. The predicted molar refractivity (Wildman–Crippen MR) is 126 cm³/mol. The minimum absolute atomic E-state index is 0.00993. The second-order valence-corrected chi connectivity index (χ2v) is 8.52. The van der Waals surface area contributed by atoms with Crippen LogP contribution in [0.25, 0.3) is 11.1 Å². The lowest BCUT2D eigenvalue weighted by Crippen LogP contribution is -2.32. The maximum absolute atomic E-state index is 12.3. The van der Waals surface area contributed by atoms with E-state index in [0.717, 1.165) is 42.4 Å². The first kappa shape index (κ1) is 23.7. The van der Waals surface area contributed by atoms with Crippen LogP contribution in [-0.4, -0.2) is 39.6 Å². The van der Waals surface area contributed by atoms with Crippen molar-refractivity contribution in [1.82, 2.24) is 4.90 Å². The number of aliphatic carboxylic acids is 1. The van der Waals surface area contributed by atoms with Gasteiger partial charge in [-0.2, -0.15) is 0 Å². The number of aryl methyl sites for hydroxylation is 1. The zero-order valence-corrected chi connectivity index (χ0v) is 18.7. The molecule has 0 radical (unpaired) electrons. The van der Waals surface area contributed by atoms with Gasteiger partial charge in [-0.1, -0.05) is 67.5 Å². The number of carboxylic acid groups (broad SMARTS) is 1. The Labute approximate surface area is 190 Å². The van der Waals surface area contributed by atoms with Crippen LogP contribution in [0, 0.1) is 6.92 Å². The van der Waals surface area contributed by atoms with E-state index in [9.17, 15) is 14.7 Å². The molecule has 5 nitrogen and oxygen atoms in total. The topological polar surface area (TPSA) is 77.8 Å². The molecule has 1 fully saturated rings. The summed E-state index contributed by atoms with van der Waals surface area (Å²) in [6.45, 7) is 2.76. The van der Waals surface area contributed by atoms with E-state index < -0.39 is 12.1 Å². The number of amides is 1.